The first-order valence-corrected chi connectivity index (χ1v) is 9.47. The zero-order valence-electron chi connectivity index (χ0n) is 16.8. The average Bonchev–Trinajstić information content (AvgIpc) is 3.15. The van der Waals surface area contributed by atoms with Crippen LogP contribution in [-0.2, 0) is 16.1 Å². The Hall–Kier alpha value is -3.62. The number of hydrogen-bond donors (Lipinski definition) is 1. The summed E-state index contributed by atoms with van der Waals surface area (Å²) >= 11 is 0. The topological polar surface area (TPSA) is 111 Å². The first kappa shape index (κ1) is 21.1. The number of carbonyl (C=O) groups is 2. The van der Waals surface area contributed by atoms with E-state index in [0.29, 0.717) is 19.4 Å². The lowest BCUT2D eigenvalue weighted by Gasteiger charge is -2.33. The fraction of sp³-hybridized carbons (Fsp3) is 0.333. The van der Waals surface area contributed by atoms with E-state index in [0.717, 1.165) is 5.56 Å². The highest BCUT2D eigenvalue weighted by molar-refractivity contribution is 6.01. The SMILES string of the molecule is COc1ccc([N+](=O)[O-])cc1NC(=O)C1(C)CCCN1C(=O)OCc1ccccc1. The smallest absolute Gasteiger partial charge is 0.410 e. The Morgan fingerprint density at radius 1 is 1.23 bits per heavy atom. The van der Waals surface area contributed by atoms with Crippen molar-refractivity contribution in [3.05, 3.63) is 64.2 Å². The van der Waals surface area contributed by atoms with E-state index in [4.69, 9.17) is 9.47 Å². The van der Waals surface area contributed by atoms with E-state index in [-0.39, 0.29) is 23.7 Å². The van der Waals surface area contributed by atoms with E-state index in [2.05, 4.69) is 5.32 Å². The molecule has 1 unspecified atom stereocenters. The van der Waals surface area contributed by atoms with Crippen LogP contribution in [0.2, 0.25) is 0 Å². The lowest BCUT2D eigenvalue weighted by Crippen LogP contribution is -2.53. The second kappa shape index (κ2) is 8.81. The minimum absolute atomic E-state index is 0.104. The van der Waals surface area contributed by atoms with Gasteiger partial charge in [0, 0.05) is 18.7 Å². The fourth-order valence-corrected chi connectivity index (χ4v) is 3.45. The zero-order chi connectivity index (χ0) is 21.7. The zero-order valence-corrected chi connectivity index (χ0v) is 16.8. The molecule has 0 spiro atoms. The molecule has 1 N–H and O–H groups in total. The number of anilines is 1. The van der Waals surface area contributed by atoms with Gasteiger partial charge in [0.2, 0.25) is 5.91 Å². The molecular weight excluding hydrogens is 390 g/mol. The molecule has 30 heavy (non-hydrogen) atoms. The van der Waals surface area contributed by atoms with Gasteiger partial charge in [-0.15, -0.1) is 0 Å². The van der Waals surface area contributed by atoms with Crippen LogP contribution in [-0.4, -0.2) is 41.0 Å². The number of rotatable bonds is 6. The summed E-state index contributed by atoms with van der Waals surface area (Å²) in [6.07, 6.45) is 0.493. The number of nitrogens with one attached hydrogen (secondary N) is 1. The van der Waals surface area contributed by atoms with Crippen LogP contribution in [0, 0.1) is 10.1 Å². The van der Waals surface area contributed by atoms with E-state index in [1.54, 1.807) is 6.92 Å². The molecule has 1 heterocycles. The summed E-state index contributed by atoms with van der Waals surface area (Å²) in [4.78, 5) is 37.7. The van der Waals surface area contributed by atoms with Crippen LogP contribution in [0.4, 0.5) is 16.2 Å². The Balaban J connectivity index is 1.74. The molecule has 2 amide bonds. The number of ether oxygens (including phenoxy) is 2. The van der Waals surface area contributed by atoms with Crippen molar-refractivity contribution in [2.45, 2.75) is 31.9 Å². The van der Waals surface area contributed by atoms with Gasteiger partial charge in [0.25, 0.3) is 5.69 Å². The van der Waals surface area contributed by atoms with Crippen molar-refractivity contribution in [3.63, 3.8) is 0 Å². The first-order chi connectivity index (χ1) is 14.3. The Morgan fingerprint density at radius 2 is 1.97 bits per heavy atom. The number of hydrogen-bond acceptors (Lipinski definition) is 6. The fourth-order valence-electron chi connectivity index (χ4n) is 3.45. The number of non-ortho nitro benzene ring substituents is 1. The van der Waals surface area contributed by atoms with E-state index >= 15 is 0 Å². The highest BCUT2D eigenvalue weighted by Gasteiger charge is 2.46. The minimum atomic E-state index is -1.15. The maximum atomic E-state index is 13.1. The number of carbonyl (C=O) groups excluding carboxylic acids is 2. The van der Waals surface area contributed by atoms with E-state index < -0.39 is 22.5 Å². The predicted molar refractivity (Wildman–Crippen MR) is 109 cm³/mol. The maximum Gasteiger partial charge on any atom is 0.410 e. The van der Waals surface area contributed by atoms with Gasteiger partial charge >= 0.3 is 6.09 Å². The van der Waals surface area contributed by atoms with E-state index in [1.807, 2.05) is 30.3 Å². The van der Waals surface area contributed by atoms with Crippen LogP contribution < -0.4 is 10.1 Å². The minimum Gasteiger partial charge on any atom is -0.495 e. The number of amides is 2. The molecule has 1 fully saturated rings. The molecule has 0 saturated carbocycles. The lowest BCUT2D eigenvalue weighted by atomic mass is 9.97. The van der Waals surface area contributed by atoms with Crippen molar-refractivity contribution >= 4 is 23.4 Å². The van der Waals surface area contributed by atoms with Crippen molar-refractivity contribution in [2.24, 2.45) is 0 Å². The molecule has 158 valence electrons. The lowest BCUT2D eigenvalue weighted by molar-refractivity contribution is -0.384. The number of benzene rings is 2. The monoisotopic (exact) mass is 413 g/mol. The second-order valence-corrected chi connectivity index (χ2v) is 7.17. The van der Waals surface area contributed by atoms with Gasteiger partial charge in [-0.25, -0.2) is 4.79 Å². The number of nitrogens with zero attached hydrogens (tertiary/aromatic N) is 2. The summed E-state index contributed by atoms with van der Waals surface area (Å²) in [5.41, 5.74) is -0.314. The van der Waals surface area contributed by atoms with Gasteiger partial charge in [-0.05, 0) is 31.4 Å². The highest BCUT2D eigenvalue weighted by Crippen LogP contribution is 2.34. The molecule has 2 aromatic carbocycles. The van der Waals surface area contributed by atoms with Crippen LogP contribution in [0.15, 0.2) is 48.5 Å². The van der Waals surface area contributed by atoms with E-state index in [1.165, 1.54) is 30.2 Å². The van der Waals surface area contributed by atoms with Gasteiger partial charge in [0.15, 0.2) is 0 Å². The molecule has 1 atom stereocenters. The normalized spacial score (nSPS) is 18.0. The molecule has 9 nitrogen and oxygen atoms in total. The van der Waals surface area contributed by atoms with Crippen molar-refractivity contribution in [1.82, 2.24) is 4.90 Å². The van der Waals surface area contributed by atoms with Gasteiger partial charge in [0.1, 0.15) is 17.9 Å². The van der Waals surface area contributed by atoms with Crippen LogP contribution in [0.3, 0.4) is 0 Å². The molecule has 0 aromatic heterocycles. The van der Waals surface area contributed by atoms with Crippen LogP contribution in [0.1, 0.15) is 25.3 Å². The Kier molecular flexibility index (Phi) is 6.20. The van der Waals surface area contributed by atoms with Crippen molar-refractivity contribution in [1.29, 1.82) is 0 Å². The Morgan fingerprint density at radius 3 is 2.63 bits per heavy atom. The van der Waals surface area contributed by atoms with Crippen molar-refractivity contribution in [2.75, 3.05) is 19.0 Å². The molecule has 2 aromatic rings. The van der Waals surface area contributed by atoms with Crippen molar-refractivity contribution < 1.29 is 24.0 Å². The molecular formula is C21H23N3O6. The third-order valence-corrected chi connectivity index (χ3v) is 5.20. The number of nitro groups is 1. The van der Waals surface area contributed by atoms with Crippen LogP contribution >= 0.6 is 0 Å². The van der Waals surface area contributed by atoms with Crippen LogP contribution in [0.5, 0.6) is 5.75 Å². The van der Waals surface area contributed by atoms with Crippen LogP contribution in [0.25, 0.3) is 0 Å². The number of nitro benzene ring substituents is 1. The third-order valence-electron chi connectivity index (χ3n) is 5.20. The molecule has 3 rings (SSSR count). The summed E-state index contributed by atoms with van der Waals surface area (Å²) in [6.45, 7) is 2.14. The van der Waals surface area contributed by atoms with Crippen molar-refractivity contribution in [3.8, 4) is 5.75 Å². The summed E-state index contributed by atoms with van der Waals surface area (Å²) in [6, 6.07) is 13.2. The Labute approximate surface area is 173 Å². The van der Waals surface area contributed by atoms with Gasteiger partial charge in [-0.1, -0.05) is 30.3 Å². The number of methoxy groups -OCH3 is 1. The third kappa shape index (κ3) is 4.35. The molecule has 0 bridgehead atoms. The largest absolute Gasteiger partial charge is 0.495 e. The first-order valence-electron chi connectivity index (χ1n) is 9.47. The molecule has 1 saturated heterocycles. The average molecular weight is 413 g/mol. The van der Waals surface area contributed by atoms with Gasteiger partial charge in [-0.2, -0.15) is 0 Å². The van der Waals surface area contributed by atoms with E-state index in [9.17, 15) is 19.7 Å². The molecule has 9 heteroatoms. The summed E-state index contributed by atoms with van der Waals surface area (Å²) < 4.78 is 10.6. The molecule has 1 aliphatic heterocycles. The molecule has 1 aliphatic rings. The van der Waals surface area contributed by atoms with Gasteiger partial charge in [-0.3, -0.25) is 19.8 Å². The Bertz CT molecular complexity index is 949. The maximum absolute atomic E-state index is 13.1. The van der Waals surface area contributed by atoms with Gasteiger partial charge < -0.3 is 14.8 Å². The quantitative estimate of drug-likeness (QED) is 0.571. The number of likely N-dealkylation sites (tertiary alicyclic amines) is 1. The predicted octanol–water partition coefficient (Wildman–Crippen LogP) is 3.73. The molecule has 0 radical (unpaired) electrons. The summed E-state index contributed by atoms with van der Waals surface area (Å²) in [5.74, 6) is -0.177. The highest BCUT2D eigenvalue weighted by atomic mass is 16.6. The molecule has 0 aliphatic carbocycles. The summed E-state index contributed by atoms with van der Waals surface area (Å²) in [5, 5.41) is 13.8. The van der Waals surface area contributed by atoms with Gasteiger partial charge in [0.05, 0.1) is 17.7 Å². The summed E-state index contributed by atoms with van der Waals surface area (Å²) in [7, 11) is 1.40. The standard InChI is InChI=1S/C21H23N3O6/c1-21(19(25)22-17-13-16(24(27)28)9-10-18(17)29-2)11-6-12-23(21)20(26)30-14-15-7-4-3-5-8-15/h3-5,7-10,13H,6,11-12,14H2,1-2H3,(H,22,25). The second-order valence-electron chi connectivity index (χ2n) is 7.17.